The summed E-state index contributed by atoms with van der Waals surface area (Å²) in [6.45, 7) is 6.23. The maximum absolute atomic E-state index is 12.9. The van der Waals surface area contributed by atoms with E-state index in [0.29, 0.717) is 23.0 Å². The number of carbonyl (C=O) groups is 1. The lowest BCUT2D eigenvalue weighted by molar-refractivity contribution is 0.102. The van der Waals surface area contributed by atoms with Crippen LogP contribution in [0, 0.1) is 12.7 Å². The fourth-order valence-electron chi connectivity index (χ4n) is 2.06. The van der Waals surface area contributed by atoms with Crippen molar-refractivity contribution in [1.82, 2.24) is 25.0 Å². The molecule has 134 valence electrons. The summed E-state index contributed by atoms with van der Waals surface area (Å²) in [5, 5.41) is 20.5. The van der Waals surface area contributed by atoms with E-state index in [2.05, 4.69) is 32.3 Å². The van der Waals surface area contributed by atoms with Crippen LogP contribution in [0.3, 0.4) is 0 Å². The van der Waals surface area contributed by atoms with E-state index in [1.165, 1.54) is 47.4 Å². The van der Waals surface area contributed by atoms with Crippen LogP contribution in [-0.2, 0) is 12.3 Å². The van der Waals surface area contributed by atoms with Gasteiger partial charge in [0.25, 0.3) is 5.91 Å². The van der Waals surface area contributed by atoms with Crippen molar-refractivity contribution >= 4 is 34.7 Å². The molecule has 0 atom stereocenters. The van der Waals surface area contributed by atoms with E-state index < -0.39 is 0 Å². The zero-order valence-corrected chi connectivity index (χ0v) is 15.5. The number of hydrogen-bond donors (Lipinski definition) is 1. The Bertz CT molecular complexity index is 921. The largest absolute Gasteiger partial charge is 0.320 e. The molecule has 1 N–H and O–H groups in total. The van der Waals surface area contributed by atoms with Gasteiger partial charge in [0.05, 0.1) is 5.75 Å². The van der Waals surface area contributed by atoms with Gasteiger partial charge in [-0.3, -0.25) is 4.79 Å². The summed E-state index contributed by atoms with van der Waals surface area (Å²) >= 11 is 2.67. The molecular weight excluding hydrogens is 375 g/mol. The molecule has 0 bridgehead atoms. The number of amides is 1. The van der Waals surface area contributed by atoms with Crippen LogP contribution in [0.15, 0.2) is 42.1 Å². The van der Waals surface area contributed by atoms with Gasteiger partial charge in [0.15, 0.2) is 5.16 Å². The summed E-state index contributed by atoms with van der Waals surface area (Å²) in [5.74, 6) is 0.592. The van der Waals surface area contributed by atoms with Gasteiger partial charge in [-0.05, 0) is 31.2 Å². The van der Waals surface area contributed by atoms with Crippen molar-refractivity contribution in [2.24, 2.45) is 0 Å². The number of nitrogens with one attached hydrogen (secondary N) is 1. The molecule has 0 radical (unpaired) electrons. The molecule has 0 saturated carbocycles. The highest BCUT2D eigenvalue weighted by atomic mass is 32.2. The lowest BCUT2D eigenvalue weighted by Crippen LogP contribution is -2.11. The Morgan fingerprint density at radius 3 is 2.81 bits per heavy atom. The minimum absolute atomic E-state index is 0.244. The van der Waals surface area contributed by atoms with Crippen LogP contribution in [-0.4, -0.2) is 30.9 Å². The second-order valence-electron chi connectivity index (χ2n) is 5.18. The molecule has 7 nitrogen and oxygen atoms in total. The molecule has 0 aliphatic heterocycles. The second kappa shape index (κ2) is 8.19. The maximum atomic E-state index is 12.9. The minimum Gasteiger partial charge on any atom is -0.320 e. The van der Waals surface area contributed by atoms with E-state index in [4.69, 9.17) is 0 Å². The summed E-state index contributed by atoms with van der Waals surface area (Å²) in [5.41, 5.74) is 0.496. The Morgan fingerprint density at radius 1 is 1.31 bits per heavy atom. The molecule has 0 unspecified atom stereocenters. The van der Waals surface area contributed by atoms with Crippen LogP contribution >= 0.6 is 23.1 Å². The Balaban J connectivity index is 1.62. The van der Waals surface area contributed by atoms with Gasteiger partial charge in [-0.15, -0.1) is 27.0 Å². The first-order chi connectivity index (χ1) is 12.6. The smallest absolute Gasteiger partial charge is 0.286 e. The lowest BCUT2D eigenvalue weighted by Gasteiger charge is -2.03. The predicted octanol–water partition coefficient (Wildman–Crippen LogP) is 3.31. The molecule has 1 amide bonds. The molecule has 2 heterocycles. The number of hydrogen-bond acceptors (Lipinski definition) is 7. The third-order valence-electron chi connectivity index (χ3n) is 3.30. The highest BCUT2D eigenvalue weighted by molar-refractivity contribution is 7.98. The van der Waals surface area contributed by atoms with Gasteiger partial charge >= 0.3 is 0 Å². The Hall–Kier alpha value is -2.59. The van der Waals surface area contributed by atoms with Gasteiger partial charge in [0, 0.05) is 12.2 Å². The quantitative estimate of drug-likeness (QED) is 0.492. The molecule has 0 aliphatic rings. The van der Waals surface area contributed by atoms with Crippen molar-refractivity contribution in [3.05, 3.63) is 58.6 Å². The molecule has 0 aliphatic carbocycles. The zero-order chi connectivity index (χ0) is 18.5. The molecule has 0 saturated heterocycles. The number of carbonyl (C=O) groups excluding carboxylic acids is 1. The molecule has 0 fully saturated rings. The van der Waals surface area contributed by atoms with Crippen molar-refractivity contribution in [1.29, 1.82) is 0 Å². The van der Waals surface area contributed by atoms with Crippen LogP contribution in [0.5, 0.6) is 0 Å². The van der Waals surface area contributed by atoms with E-state index in [1.54, 1.807) is 6.08 Å². The first-order valence-corrected chi connectivity index (χ1v) is 9.40. The van der Waals surface area contributed by atoms with Gasteiger partial charge in [-0.2, -0.15) is 0 Å². The van der Waals surface area contributed by atoms with Crippen molar-refractivity contribution in [3.63, 3.8) is 0 Å². The van der Waals surface area contributed by atoms with E-state index in [1.807, 2.05) is 11.5 Å². The molecule has 1 aromatic carbocycles. The molecule has 26 heavy (non-hydrogen) atoms. The van der Waals surface area contributed by atoms with Crippen LogP contribution in [0.4, 0.5) is 10.1 Å². The first-order valence-electron chi connectivity index (χ1n) is 7.59. The number of aryl methyl sites for hydroxylation is 1. The van der Waals surface area contributed by atoms with Gasteiger partial charge in [-0.1, -0.05) is 29.2 Å². The molecule has 3 rings (SSSR count). The van der Waals surface area contributed by atoms with E-state index in [0.717, 1.165) is 11.0 Å². The Labute approximate surface area is 157 Å². The minimum atomic E-state index is -0.379. The third-order valence-corrected chi connectivity index (χ3v) is 5.38. The van der Waals surface area contributed by atoms with Gasteiger partial charge in [0.2, 0.25) is 5.01 Å². The summed E-state index contributed by atoms with van der Waals surface area (Å²) < 4.78 is 14.8. The summed E-state index contributed by atoms with van der Waals surface area (Å²) in [4.78, 5) is 12.2. The number of benzene rings is 1. The average molecular weight is 390 g/mol. The number of nitrogens with zero attached hydrogens (tertiary/aromatic N) is 5. The fraction of sp³-hybridized carbons (Fsp3) is 0.188. The molecule has 10 heteroatoms. The van der Waals surface area contributed by atoms with Crippen LogP contribution < -0.4 is 5.32 Å². The van der Waals surface area contributed by atoms with Gasteiger partial charge < -0.3 is 9.88 Å². The van der Waals surface area contributed by atoms with E-state index in [-0.39, 0.29) is 16.7 Å². The normalized spacial score (nSPS) is 10.7. The third kappa shape index (κ3) is 4.33. The number of aromatic nitrogens is 5. The number of halogens is 1. The second-order valence-corrected chi connectivity index (χ2v) is 7.18. The van der Waals surface area contributed by atoms with Crippen LogP contribution in [0.1, 0.15) is 20.6 Å². The highest BCUT2D eigenvalue weighted by Gasteiger charge is 2.15. The van der Waals surface area contributed by atoms with Gasteiger partial charge in [0.1, 0.15) is 16.6 Å². The standard InChI is InChI=1S/C16H15FN6OS2/c1-3-8-23-10(2)19-22-16(23)25-9-13-20-21-15(26-13)14(24)18-12-6-4-11(17)5-7-12/h3-7H,1,8-9H2,2H3,(H,18,24). The maximum Gasteiger partial charge on any atom is 0.286 e. The summed E-state index contributed by atoms with van der Waals surface area (Å²) in [7, 11) is 0. The lowest BCUT2D eigenvalue weighted by atomic mass is 10.3. The fourth-order valence-corrected chi connectivity index (χ4v) is 3.77. The monoisotopic (exact) mass is 390 g/mol. The summed E-state index contributed by atoms with van der Waals surface area (Å²) in [6, 6.07) is 5.53. The topological polar surface area (TPSA) is 85.6 Å². The number of thioether (sulfide) groups is 1. The van der Waals surface area contributed by atoms with Crippen molar-refractivity contribution in [3.8, 4) is 0 Å². The van der Waals surface area contributed by atoms with Crippen LogP contribution in [0.25, 0.3) is 0 Å². The zero-order valence-electron chi connectivity index (χ0n) is 13.8. The SMILES string of the molecule is C=CCn1c(C)nnc1SCc1nnc(C(=O)Nc2ccc(F)cc2)s1. The van der Waals surface area contributed by atoms with Crippen molar-refractivity contribution in [2.75, 3.05) is 5.32 Å². The average Bonchev–Trinajstić information content (AvgIpc) is 3.23. The summed E-state index contributed by atoms with van der Waals surface area (Å²) in [6.07, 6.45) is 1.78. The van der Waals surface area contributed by atoms with Gasteiger partial charge in [-0.25, -0.2) is 4.39 Å². The number of rotatable bonds is 7. The number of allylic oxidation sites excluding steroid dienone is 1. The van der Waals surface area contributed by atoms with Crippen molar-refractivity contribution < 1.29 is 9.18 Å². The van der Waals surface area contributed by atoms with E-state index >= 15 is 0 Å². The van der Waals surface area contributed by atoms with Crippen LogP contribution in [0.2, 0.25) is 0 Å². The predicted molar refractivity (Wildman–Crippen MR) is 98.8 cm³/mol. The molecular formula is C16H15FN6OS2. The molecule has 0 spiro atoms. The Morgan fingerprint density at radius 2 is 2.08 bits per heavy atom. The molecule has 3 aromatic rings. The van der Waals surface area contributed by atoms with Crippen molar-refractivity contribution in [2.45, 2.75) is 24.4 Å². The highest BCUT2D eigenvalue weighted by Crippen LogP contribution is 2.24. The Kier molecular flexibility index (Phi) is 5.74. The number of anilines is 1. The van der Waals surface area contributed by atoms with E-state index in [9.17, 15) is 9.18 Å². The molecule has 2 aromatic heterocycles. The first kappa shape index (κ1) is 18.2.